The Balaban J connectivity index is 1.61. The molecule has 1 spiro atoms. The fourth-order valence-corrected chi connectivity index (χ4v) is 3.37. The van der Waals surface area contributed by atoms with Gasteiger partial charge in [-0.15, -0.1) is 0 Å². The number of hydrogen-bond acceptors (Lipinski definition) is 4. The van der Waals surface area contributed by atoms with E-state index in [2.05, 4.69) is 5.32 Å². The quantitative estimate of drug-likeness (QED) is 0.910. The molecule has 1 aromatic rings. The first kappa shape index (κ1) is 14.6. The summed E-state index contributed by atoms with van der Waals surface area (Å²) < 4.78 is 17.0. The fraction of sp³-hybridized carbons (Fsp3) is 0.688. The molecule has 1 amide bonds. The number of carbonyl (C=O) groups is 1. The molecule has 3 rings (SSSR count). The molecular weight excluding hydrogens is 270 g/mol. The van der Waals surface area contributed by atoms with Crippen LogP contribution in [0.1, 0.15) is 53.1 Å². The van der Waals surface area contributed by atoms with E-state index in [9.17, 15) is 4.79 Å². The second-order valence-electron chi connectivity index (χ2n) is 6.07. The first-order valence-corrected chi connectivity index (χ1v) is 7.66. The Morgan fingerprint density at radius 2 is 1.71 bits per heavy atom. The largest absolute Gasteiger partial charge is 0.466 e. The van der Waals surface area contributed by atoms with Crippen molar-refractivity contribution in [3.05, 3.63) is 22.6 Å². The maximum atomic E-state index is 12.4. The van der Waals surface area contributed by atoms with Gasteiger partial charge >= 0.3 is 0 Å². The number of ether oxygens (including phenoxy) is 2. The van der Waals surface area contributed by atoms with Crippen molar-refractivity contribution in [2.24, 2.45) is 0 Å². The van der Waals surface area contributed by atoms with E-state index in [0.717, 1.165) is 37.0 Å². The van der Waals surface area contributed by atoms with Crippen LogP contribution in [-0.2, 0) is 9.47 Å². The van der Waals surface area contributed by atoms with Crippen LogP contribution in [0.5, 0.6) is 0 Å². The van der Waals surface area contributed by atoms with Crippen LogP contribution in [-0.4, -0.2) is 30.9 Å². The summed E-state index contributed by atoms with van der Waals surface area (Å²) in [5.41, 5.74) is 1.61. The highest BCUT2D eigenvalue weighted by Gasteiger charge is 2.40. The molecule has 1 saturated heterocycles. The standard InChI is InChI=1S/C16H23NO4/c1-10-11(2)21-12(3)14(10)15(18)17-13-4-6-16(7-5-13)19-8-9-20-16/h13H,4-9H2,1-3H3,(H,17,18). The second kappa shape index (κ2) is 5.46. The van der Waals surface area contributed by atoms with Crippen molar-refractivity contribution < 1.29 is 18.7 Å². The molecular formula is C16H23NO4. The van der Waals surface area contributed by atoms with Crippen LogP contribution < -0.4 is 5.32 Å². The zero-order valence-corrected chi connectivity index (χ0v) is 13.0. The van der Waals surface area contributed by atoms with Crippen molar-refractivity contribution in [3.8, 4) is 0 Å². The topological polar surface area (TPSA) is 60.7 Å². The molecule has 1 aromatic heterocycles. The Hall–Kier alpha value is -1.33. The number of rotatable bonds is 2. The summed E-state index contributed by atoms with van der Waals surface area (Å²) in [5.74, 6) is 1.10. The van der Waals surface area contributed by atoms with E-state index in [1.165, 1.54) is 0 Å². The van der Waals surface area contributed by atoms with Crippen molar-refractivity contribution in [1.29, 1.82) is 0 Å². The molecule has 0 unspecified atom stereocenters. The minimum absolute atomic E-state index is 0.0314. The molecule has 2 heterocycles. The van der Waals surface area contributed by atoms with E-state index in [1.54, 1.807) is 0 Å². The average molecular weight is 293 g/mol. The van der Waals surface area contributed by atoms with Gasteiger partial charge in [0.25, 0.3) is 5.91 Å². The van der Waals surface area contributed by atoms with Crippen molar-refractivity contribution in [2.45, 2.75) is 58.3 Å². The summed E-state index contributed by atoms with van der Waals surface area (Å²) >= 11 is 0. The zero-order valence-electron chi connectivity index (χ0n) is 13.0. The molecule has 1 aliphatic carbocycles. The highest BCUT2D eigenvalue weighted by molar-refractivity contribution is 5.97. The Labute approximate surface area is 125 Å². The lowest BCUT2D eigenvalue weighted by Gasteiger charge is -2.35. The third-order valence-electron chi connectivity index (χ3n) is 4.68. The molecule has 116 valence electrons. The number of hydrogen-bond donors (Lipinski definition) is 1. The van der Waals surface area contributed by atoms with Crippen molar-refractivity contribution in [1.82, 2.24) is 5.32 Å². The van der Waals surface area contributed by atoms with Crippen LogP contribution in [0.2, 0.25) is 0 Å². The Morgan fingerprint density at radius 1 is 1.10 bits per heavy atom. The van der Waals surface area contributed by atoms with Gasteiger partial charge in [-0.1, -0.05) is 0 Å². The van der Waals surface area contributed by atoms with Crippen molar-refractivity contribution >= 4 is 5.91 Å². The van der Waals surface area contributed by atoms with Crippen molar-refractivity contribution in [2.75, 3.05) is 13.2 Å². The van der Waals surface area contributed by atoms with Gasteiger partial charge < -0.3 is 19.2 Å². The van der Waals surface area contributed by atoms with E-state index < -0.39 is 0 Å². The summed E-state index contributed by atoms with van der Waals surface area (Å²) in [7, 11) is 0. The fourth-order valence-electron chi connectivity index (χ4n) is 3.37. The number of carbonyl (C=O) groups excluding carboxylic acids is 1. The molecule has 5 nitrogen and oxygen atoms in total. The van der Waals surface area contributed by atoms with E-state index in [-0.39, 0.29) is 17.7 Å². The lowest BCUT2D eigenvalue weighted by Crippen LogP contribution is -2.44. The van der Waals surface area contributed by atoms with Crippen LogP contribution >= 0.6 is 0 Å². The number of aryl methyl sites for hydroxylation is 2. The normalized spacial score (nSPS) is 21.9. The van der Waals surface area contributed by atoms with Gasteiger partial charge in [0.1, 0.15) is 11.5 Å². The van der Waals surface area contributed by atoms with Gasteiger partial charge in [0.05, 0.1) is 18.8 Å². The van der Waals surface area contributed by atoms with Gasteiger partial charge in [0.15, 0.2) is 5.79 Å². The molecule has 2 aliphatic rings. The van der Waals surface area contributed by atoms with Gasteiger partial charge in [-0.25, -0.2) is 0 Å². The lowest BCUT2D eigenvalue weighted by atomic mass is 9.90. The van der Waals surface area contributed by atoms with E-state index in [0.29, 0.717) is 24.5 Å². The number of furan rings is 1. The highest BCUT2D eigenvalue weighted by atomic mass is 16.7. The first-order chi connectivity index (χ1) is 10.0. The average Bonchev–Trinajstić information content (AvgIpc) is 2.99. The van der Waals surface area contributed by atoms with E-state index in [1.807, 2.05) is 20.8 Å². The molecule has 0 bridgehead atoms. The van der Waals surface area contributed by atoms with E-state index >= 15 is 0 Å². The molecule has 1 aliphatic heterocycles. The lowest BCUT2D eigenvalue weighted by molar-refractivity contribution is -0.179. The van der Waals surface area contributed by atoms with Gasteiger partial charge in [-0.05, 0) is 33.6 Å². The predicted molar refractivity (Wildman–Crippen MR) is 77.3 cm³/mol. The highest BCUT2D eigenvalue weighted by Crippen LogP contribution is 2.35. The maximum Gasteiger partial charge on any atom is 0.255 e. The van der Waals surface area contributed by atoms with E-state index in [4.69, 9.17) is 13.9 Å². The monoisotopic (exact) mass is 293 g/mol. The van der Waals surface area contributed by atoms with Crippen LogP contribution in [0, 0.1) is 20.8 Å². The SMILES string of the molecule is Cc1oc(C)c(C(=O)NC2CCC3(CC2)OCCO3)c1C. The van der Waals surface area contributed by atoms with Crippen LogP contribution in [0.15, 0.2) is 4.42 Å². The molecule has 1 N–H and O–H groups in total. The minimum atomic E-state index is -0.376. The van der Waals surface area contributed by atoms with Gasteiger partial charge in [0.2, 0.25) is 0 Å². The Bertz CT molecular complexity index is 533. The van der Waals surface area contributed by atoms with Gasteiger partial charge in [-0.3, -0.25) is 4.79 Å². The summed E-state index contributed by atoms with van der Waals surface area (Å²) in [5, 5.41) is 3.13. The third kappa shape index (κ3) is 2.72. The maximum absolute atomic E-state index is 12.4. The first-order valence-electron chi connectivity index (χ1n) is 7.66. The third-order valence-corrected chi connectivity index (χ3v) is 4.68. The summed E-state index contributed by atoms with van der Waals surface area (Å²) in [6.07, 6.45) is 3.47. The van der Waals surface area contributed by atoms with Crippen LogP contribution in [0.4, 0.5) is 0 Å². The summed E-state index contributed by atoms with van der Waals surface area (Å²) in [6, 6.07) is 0.185. The minimum Gasteiger partial charge on any atom is -0.466 e. The second-order valence-corrected chi connectivity index (χ2v) is 6.07. The van der Waals surface area contributed by atoms with Crippen LogP contribution in [0.25, 0.3) is 0 Å². The number of amides is 1. The molecule has 5 heteroatoms. The van der Waals surface area contributed by atoms with Gasteiger partial charge in [-0.2, -0.15) is 0 Å². The van der Waals surface area contributed by atoms with Gasteiger partial charge in [0, 0.05) is 24.4 Å². The summed E-state index contributed by atoms with van der Waals surface area (Å²) in [6.45, 7) is 7.02. The molecule has 2 fully saturated rings. The smallest absolute Gasteiger partial charge is 0.255 e. The molecule has 0 radical (unpaired) electrons. The number of nitrogens with one attached hydrogen (secondary N) is 1. The summed E-state index contributed by atoms with van der Waals surface area (Å²) in [4.78, 5) is 12.4. The molecule has 0 atom stereocenters. The van der Waals surface area contributed by atoms with Crippen molar-refractivity contribution in [3.63, 3.8) is 0 Å². The zero-order chi connectivity index (χ0) is 15.0. The Kier molecular flexibility index (Phi) is 3.80. The van der Waals surface area contributed by atoms with Crippen LogP contribution in [0.3, 0.4) is 0 Å². The Morgan fingerprint density at radius 3 is 2.24 bits per heavy atom. The molecule has 1 saturated carbocycles. The molecule has 21 heavy (non-hydrogen) atoms. The molecule has 0 aromatic carbocycles. The predicted octanol–water partition coefficient (Wildman–Crippen LogP) is 2.62.